The average molecular weight is 385 g/mol. The van der Waals surface area contributed by atoms with E-state index in [9.17, 15) is 10.1 Å². The molecule has 0 saturated carbocycles. The van der Waals surface area contributed by atoms with E-state index in [1.54, 1.807) is 6.07 Å². The number of non-ortho nitro benzene ring substituents is 1. The summed E-state index contributed by atoms with van der Waals surface area (Å²) in [5.41, 5.74) is 0.660. The van der Waals surface area contributed by atoms with Crippen LogP contribution in [-0.2, 0) is 6.61 Å². The zero-order chi connectivity index (χ0) is 14.5. The lowest BCUT2D eigenvalue weighted by molar-refractivity contribution is -0.385. The van der Waals surface area contributed by atoms with E-state index >= 15 is 0 Å². The van der Waals surface area contributed by atoms with Crippen molar-refractivity contribution in [2.75, 3.05) is 7.11 Å². The van der Waals surface area contributed by atoms with E-state index in [0.29, 0.717) is 17.1 Å². The number of rotatable bonds is 5. The summed E-state index contributed by atoms with van der Waals surface area (Å²) in [6.45, 7) is 0.213. The highest BCUT2D eigenvalue weighted by molar-refractivity contribution is 14.1. The van der Waals surface area contributed by atoms with Crippen molar-refractivity contribution in [3.8, 4) is 11.5 Å². The summed E-state index contributed by atoms with van der Waals surface area (Å²) >= 11 is 2.19. The Morgan fingerprint density at radius 1 is 1.25 bits per heavy atom. The average Bonchev–Trinajstić information content (AvgIpc) is 2.44. The molecule has 0 aliphatic heterocycles. The van der Waals surface area contributed by atoms with Crippen LogP contribution >= 0.6 is 22.6 Å². The fourth-order valence-electron chi connectivity index (χ4n) is 1.71. The number of hydrogen-bond donors (Lipinski definition) is 0. The Morgan fingerprint density at radius 2 is 2.05 bits per heavy atom. The standard InChI is InChI=1S/C14H12INO4/c1-19-14-6-5-12(16(17)18)7-10(14)9-20-13-4-2-3-11(15)8-13/h2-8H,9H2,1H3. The molecule has 0 spiro atoms. The predicted octanol–water partition coefficient (Wildman–Crippen LogP) is 3.79. The lowest BCUT2D eigenvalue weighted by Gasteiger charge is -2.10. The van der Waals surface area contributed by atoms with Crippen molar-refractivity contribution >= 4 is 28.3 Å². The van der Waals surface area contributed by atoms with Crippen LogP contribution in [0.4, 0.5) is 5.69 Å². The molecule has 0 radical (unpaired) electrons. The minimum absolute atomic E-state index is 0.0204. The maximum atomic E-state index is 10.8. The van der Waals surface area contributed by atoms with Gasteiger partial charge in [-0.05, 0) is 46.9 Å². The molecule has 0 unspecified atom stereocenters. The molecule has 0 heterocycles. The second kappa shape index (κ2) is 6.56. The normalized spacial score (nSPS) is 10.1. The third-order valence-electron chi connectivity index (χ3n) is 2.67. The van der Waals surface area contributed by atoms with Gasteiger partial charge in [0.2, 0.25) is 0 Å². The van der Waals surface area contributed by atoms with Gasteiger partial charge < -0.3 is 9.47 Å². The maximum Gasteiger partial charge on any atom is 0.270 e. The van der Waals surface area contributed by atoms with Gasteiger partial charge in [0, 0.05) is 21.3 Å². The molecule has 0 N–H and O–H groups in total. The third kappa shape index (κ3) is 3.60. The van der Waals surface area contributed by atoms with E-state index in [1.165, 1.54) is 19.2 Å². The van der Waals surface area contributed by atoms with E-state index in [1.807, 2.05) is 24.3 Å². The van der Waals surface area contributed by atoms with Crippen LogP contribution in [0, 0.1) is 13.7 Å². The predicted molar refractivity (Wildman–Crippen MR) is 83.1 cm³/mol. The lowest BCUT2D eigenvalue weighted by atomic mass is 10.2. The van der Waals surface area contributed by atoms with E-state index in [-0.39, 0.29) is 12.3 Å². The number of halogens is 1. The summed E-state index contributed by atoms with van der Waals surface area (Å²) < 4.78 is 11.9. The first-order chi connectivity index (χ1) is 9.60. The van der Waals surface area contributed by atoms with Crippen LogP contribution < -0.4 is 9.47 Å². The second-order valence-electron chi connectivity index (χ2n) is 4.00. The summed E-state index contributed by atoms with van der Waals surface area (Å²) in [5.74, 6) is 1.28. The molecule has 104 valence electrons. The largest absolute Gasteiger partial charge is 0.496 e. The number of nitro groups is 1. The van der Waals surface area contributed by atoms with E-state index in [0.717, 1.165) is 3.57 Å². The van der Waals surface area contributed by atoms with Gasteiger partial charge in [-0.15, -0.1) is 0 Å². The van der Waals surface area contributed by atoms with Gasteiger partial charge in [-0.2, -0.15) is 0 Å². The molecule has 0 saturated heterocycles. The number of hydrogen-bond acceptors (Lipinski definition) is 4. The number of ether oxygens (including phenoxy) is 2. The number of methoxy groups -OCH3 is 1. The van der Waals surface area contributed by atoms with E-state index < -0.39 is 4.92 Å². The van der Waals surface area contributed by atoms with Crippen molar-refractivity contribution in [3.05, 3.63) is 61.7 Å². The first-order valence-corrected chi connectivity index (χ1v) is 6.87. The smallest absolute Gasteiger partial charge is 0.270 e. The van der Waals surface area contributed by atoms with Crippen molar-refractivity contribution in [2.45, 2.75) is 6.61 Å². The van der Waals surface area contributed by atoms with E-state index in [4.69, 9.17) is 9.47 Å². The van der Waals surface area contributed by atoms with Gasteiger partial charge in [-0.3, -0.25) is 10.1 Å². The highest BCUT2D eigenvalue weighted by atomic mass is 127. The number of nitro benzene ring substituents is 1. The Balaban J connectivity index is 2.19. The van der Waals surface area contributed by atoms with Crippen LogP contribution in [0.1, 0.15) is 5.56 Å². The highest BCUT2D eigenvalue weighted by Gasteiger charge is 2.11. The Bertz CT molecular complexity index is 630. The molecule has 20 heavy (non-hydrogen) atoms. The Hall–Kier alpha value is -1.83. The molecule has 5 nitrogen and oxygen atoms in total. The summed E-state index contributed by atoms with van der Waals surface area (Å²) in [6, 6.07) is 12.0. The van der Waals surface area contributed by atoms with E-state index in [2.05, 4.69) is 22.6 Å². The van der Waals surface area contributed by atoms with Crippen LogP contribution in [0.2, 0.25) is 0 Å². The molecule has 2 aromatic carbocycles. The fourth-order valence-corrected chi connectivity index (χ4v) is 2.22. The molecule has 0 aliphatic carbocycles. The fraction of sp³-hybridized carbons (Fsp3) is 0.143. The van der Waals surface area contributed by atoms with Crippen molar-refractivity contribution in [2.24, 2.45) is 0 Å². The Kier molecular flexibility index (Phi) is 4.78. The van der Waals surface area contributed by atoms with Crippen LogP contribution in [0.5, 0.6) is 11.5 Å². The molecule has 0 bridgehead atoms. The summed E-state index contributed by atoms with van der Waals surface area (Å²) in [6.07, 6.45) is 0. The first-order valence-electron chi connectivity index (χ1n) is 5.80. The van der Waals surface area contributed by atoms with Crippen LogP contribution in [0.25, 0.3) is 0 Å². The zero-order valence-corrected chi connectivity index (χ0v) is 12.9. The quantitative estimate of drug-likeness (QED) is 0.447. The van der Waals surface area contributed by atoms with Crippen molar-refractivity contribution in [3.63, 3.8) is 0 Å². The van der Waals surface area contributed by atoms with Gasteiger partial charge in [-0.1, -0.05) is 6.07 Å². The van der Waals surface area contributed by atoms with Gasteiger partial charge >= 0.3 is 0 Å². The lowest BCUT2D eigenvalue weighted by Crippen LogP contribution is -2.00. The van der Waals surface area contributed by atoms with Crippen LogP contribution in [0.15, 0.2) is 42.5 Å². The minimum Gasteiger partial charge on any atom is -0.496 e. The summed E-state index contributed by atoms with van der Waals surface area (Å²) in [4.78, 5) is 10.4. The summed E-state index contributed by atoms with van der Waals surface area (Å²) in [7, 11) is 1.52. The SMILES string of the molecule is COc1ccc([N+](=O)[O-])cc1COc1cccc(I)c1. The molecule has 2 aromatic rings. The molecule has 0 aliphatic rings. The minimum atomic E-state index is -0.436. The maximum absolute atomic E-state index is 10.8. The Labute approximate surface area is 129 Å². The van der Waals surface area contributed by atoms with Crippen LogP contribution in [0.3, 0.4) is 0 Å². The Morgan fingerprint density at radius 3 is 2.70 bits per heavy atom. The van der Waals surface area contributed by atoms with Crippen LogP contribution in [-0.4, -0.2) is 12.0 Å². The molecule has 6 heteroatoms. The van der Waals surface area contributed by atoms with Gasteiger partial charge in [0.25, 0.3) is 5.69 Å². The molecule has 0 amide bonds. The van der Waals surface area contributed by atoms with Gasteiger partial charge in [-0.25, -0.2) is 0 Å². The second-order valence-corrected chi connectivity index (χ2v) is 5.24. The topological polar surface area (TPSA) is 61.6 Å². The molecule has 0 atom stereocenters. The third-order valence-corrected chi connectivity index (χ3v) is 3.34. The molecular formula is C14H12INO4. The molecule has 2 rings (SSSR count). The molecular weight excluding hydrogens is 373 g/mol. The highest BCUT2D eigenvalue weighted by Crippen LogP contribution is 2.25. The van der Waals surface area contributed by atoms with Gasteiger partial charge in [0.05, 0.1) is 12.0 Å². The number of nitrogens with zero attached hydrogens (tertiary/aromatic N) is 1. The van der Waals surface area contributed by atoms with Crippen molar-refractivity contribution in [1.29, 1.82) is 0 Å². The van der Waals surface area contributed by atoms with Crippen molar-refractivity contribution < 1.29 is 14.4 Å². The zero-order valence-electron chi connectivity index (χ0n) is 10.7. The van der Waals surface area contributed by atoms with Gasteiger partial charge in [0.1, 0.15) is 18.1 Å². The molecule has 0 fully saturated rings. The van der Waals surface area contributed by atoms with Crippen molar-refractivity contribution in [1.82, 2.24) is 0 Å². The first kappa shape index (κ1) is 14.6. The van der Waals surface area contributed by atoms with Gasteiger partial charge in [0.15, 0.2) is 0 Å². The monoisotopic (exact) mass is 385 g/mol. The number of benzene rings is 2. The summed E-state index contributed by atoms with van der Waals surface area (Å²) in [5, 5.41) is 10.8. The molecule has 0 aromatic heterocycles.